The molecule has 0 aliphatic heterocycles. The van der Waals surface area contributed by atoms with Crippen molar-refractivity contribution in [2.75, 3.05) is 13.1 Å². The molecule has 1 amide bonds. The molecule has 1 aromatic rings. The van der Waals surface area contributed by atoms with Crippen LogP contribution in [0.25, 0.3) is 0 Å². The third-order valence-corrected chi connectivity index (χ3v) is 4.04. The van der Waals surface area contributed by atoms with E-state index in [4.69, 9.17) is 5.73 Å². The fourth-order valence-corrected chi connectivity index (χ4v) is 2.44. The molecular formula is C17H28N2O2. The van der Waals surface area contributed by atoms with Crippen molar-refractivity contribution in [3.63, 3.8) is 0 Å². The molecule has 0 aromatic heterocycles. The van der Waals surface area contributed by atoms with E-state index in [1.54, 1.807) is 24.3 Å². The van der Waals surface area contributed by atoms with E-state index in [0.717, 1.165) is 24.9 Å². The Morgan fingerprint density at radius 3 is 2.24 bits per heavy atom. The van der Waals surface area contributed by atoms with Crippen LogP contribution < -0.4 is 5.73 Å². The van der Waals surface area contributed by atoms with E-state index in [1.165, 1.54) is 0 Å². The number of likely N-dealkylation sites (N-methyl/N-ethyl adjacent to an activating group) is 1. The Balaban J connectivity index is 2.64. The van der Waals surface area contributed by atoms with Crippen molar-refractivity contribution in [2.45, 2.75) is 46.1 Å². The van der Waals surface area contributed by atoms with Gasteiger partial charge in [-0.25, -0.2) is 0 Å². The van der Waals surface area contributed by atoms with Crippen LogP contribution in [0.5, 0.6) is 5.75 Å². The van der Waals surface area contributed by atoms with Crippen LogP contribution in [0.3, 0.4) is 0 Å². The van der Waals surface area contributed by atoms with Crippen molar-refractivity contribution in [1.29, 1.82) is 0 Å². The van der Waals surface area contributed by atoms with Crippen LogP contribution in [0.2, 0.25) is 0 Å². The van der Waals surface area contributed by atoms with Crippen molar-refractivity contribution in [3.05, 3.63) is 29.8 Å². The average Bonchev–Trinajstić information content (AvgIpc) is 2.50. The van der Waals surface area contributed by atoms with Gasteiger partial charge in [0.1, 0.15) is 5.75 Å². The van der Waals surface area contributed by atoms with Crippen LogP contribution in [-0.4, -0.2) is 35.0 Å². The number of amides is 1. The van der Waals surface area contributed by atoms with Crippen LogP contribution in [0.15, 0.2) is 24.3 Å². The van der Waals surface area contributed by atoms with E-state index in [0.29, 0.717) is 18.9 Å². The zero-order valence-electron chi connectivity index (χ0n) is 13.4. The van der Waals surface area contributed by atoms with Crippen molar-refractivity contribution in [2.24, 2.45) is 11.7 Å². The van der Waals surface area contributed by atoms with Gasteiger partial charge < -0.3 is 15.7 Å². The Kier molecular flexibility index (Phi) is 7.23. The summed E-state index contributed by atoms with van der Waals surface area (Å²) in [6, 6.07) is 6.32. The first-order valence-corrected chi connectivity index (χ1v) is 7.84. The lowest BCUT2D eigenvalue weighted by atomic mass is 10.0. The summed E-state index contributed by atoms with van der Waals surface area (Å²) >= 11 is 0. The van der Waals surface area contributed by atoms with E-state index in [9.17, 15) is 9.90 Å². The number of nitrogens with two attached hydrogens (primary N) is 1. The molecule has 21 heavy (non-hydrogen) atoms. The van der Waals surface area contributed by atoms with Gasteiger partial charge in [0.15, 0.2) is 0 Å². The van der Waals surface area contributed by atoms with Crippen LogP contribution in [0, 0.1) is 5.92 Å². The summed E-state index contributed by atoms with van der Waals surface area (Å²) < 4.78 is 0. The number of phenols is 1. The molecule has 3 N–H and O–H groups in total. The molecule has 1 aromatic carbocycles. The van der Waals surface area contributed by atoms with Crippen LogP contribution in [0.4, 0.5) is 0 Å². The molecule has 118 valence electrons. The molecule has 1 atom stereocenters. The van der Waals surface area contributed by atoms with Crippen LogP contribution >= 0.6 is 0 Å². The largest absolute Gasteiger partial charge is 0.508 e. The van der Waals surface area contributed by atoms with Crippen molar-refractivity contribution in [3.8, 4) is 5.75 Å². The number of aromatic hydroxyl groups is 1. The van der Waals surface area contributed by atoms with Gasteiger partial charge in [-0.3, -0.25) is 4.79 Å². The highest BCUT2D eigenvalue weighted by atomic mass is 16.3. The number of rotatable bonds is 8. The lowest BCUT2D eigenvalue weighted by Crippen LogP contribution is -2.46. The van der Waals surface area contributed by atoms with Crippen LogP contribution in [0.1, 0.15) is 39.2 Å². The molecule has 4 heteroatoms. The molecule has 0 bridgehead atoms. The Labute approximate surface area is 128 Å². The van der Waals surface area contributed by atoms with Gasteiger partial charge in [0.05, 0.1) is 6.04 Å². The molecule has 0 radical (unpaired) electrons. The minimum absolute atomic E-state index is 0.0116. The summed E-state index contributed by atoms with van der Waals surface area (Å²) in [6.45, 7) is 7.78. The standard InChI is InChI=1S/C17H28N2O2/c1-4-13(5-2)12-19(6-3)17(21)16(18)11-14-7-9-15(20)10-8-14/h7-10,13,16,20H,4-6,11-12,18H2,1-3H3/t16-/m0/s1. The Morgan fingerprint density at radius 1 is 1.19 bits per heavy atom. The summed E-state index contributed by atoms with van der Waals surface area (Å²) in [4.78, 5) is 14.3. The van der Waals surface area contributed by atoms with Gasteiger partial charge in [0.25, 0.3) is 0 Å². The molecule has 0 saturated heterocycles. The van der Waals surface area contributed by atoms with Crippen molar-refractivity contribution >= 4 is 5.91 Å². The second-order valence-electron chi connectivity index (χ2n) is 5.54. The fourth-order valence-electron chi connectivity index (χ4n) is 2.44. The molecule has 0 saturated carbocycles. The normalized spacial score (nSPS) is 12.4. The number of phenolic OH excluding ortho intramolecular Hbond substituents is 1. The Bertz CT molecular complexity index is 427. The summed E-state index contributed by atoms with van der Waals surface area (Å²) in [5.74, 6) is 0.773. The van der Waals surface area contributed by atoms with E-state index >= 15 is 0 Å². The van der Waals surface area contributed by atoms with E-state index in [1.807, 2.05) is 11.8 Å². The minimum Gasteiger partial charge on any atom is -0.508 e. The first-order valence-electron chi connectivity index (χ1n) is 7.84. The monoisotopic (exact) mass is 292 g/mol. The number of hydrogen-bond donors (Lipinski definition) is 2. The van der Waals surface area contributed by atoms with Gasteiger partial charge in [-0.1, -0.05) is 38.8 Å². The summed E-state index contributed by atoms with van der Waals surface area (Å²) in [5, 5.41) is 9.27. The highest BCUT2D eigenvalue weighted by Gasteiger charge is 2.22. The first-order chi connectivity index (χ1) is 10.0. The molecule has 0 unspecified atom stereocenters. The molecule has 0 aliphatic rings. The highest BCUT2D eigenvalue weighted by molar-refractivity contribution is 5.82. The van der Waals surface area contributed by atoms with Crippen LogP contribution in [-0.2, 0) is 11.2 Å². The number of nitrogens with zero attached hydrogens (tertiary/aromatic N) is 1. The van der Waals surface area contributed by atoms with Crippen molar-refractivity contribution < 1.29 is 9.90 Å². The summed E-state index contributed by atoms with van der Waals surface area (Å²) in [7, 11) is 0. The quantitative estimate of drug-likeness (QED) is 0.774. The summed E-state index contributed by atoms with van der Waals surface area (Å²) in [5.41, 5.74) is 7.03. The smallest absolute Gasteiger partial charge is 0.239 e. The number of benzene rings is 1. The zero-order valence-corrected chi connectivity index (χ0v) is 13.4. The van der Waals surface area contributed by atoms with E-state index < -0.39 is 6.04 Å². The molecule has 0 aliphatic carbocycles. The summed E-state index contributed by atoms with van der Waals surface area (Å²) in [6.07, 6.45) is 2.65. The molecule has 4 nitrogen and oxygen atoms in total. The molecule has 0 spiro atoms. The molecular weight excluding hydrogens is 264 g/mol. The number of carbonyl (C=O) groups is 1. The zero-order chi connectivity index (χ0) is 15.8. The Morgan fingerprint density at radius 2 is 1.76 bits per heavy atom. The fraction of sp³-hybridized carbons (Fsp3) is 0.588. The molecule has 0 fully saturated rings. The molecule has 1 rings (SSSR count). The van der Waals surface area contributed by atoms with Crippen molar-refractivity contribution in [1.82, 2.24) is 4.90 Å². The van der Waals surface area contributed by atoms with Gasteiger partial charge in [0, 0.05) is 13.1 Å². The van der Waals surface area contributed by atoms with Gasteiger partial charge in [-0.05, 0) is 37.0 Å². The minimum atomic E-state index is -0.524. The maximum atomic E-state index is 12.5. The highest BCUT2D eigenvalue weighted by Crippen LogP contribution is 2.13. The average molecular weight is 292 g/mol. The maximum absolute atomic E-state index is 12.5. The first kappa shape index (κ1) is 17.5. The van der Waals surface area contributed by atoms with Gasteiger partial charge in [0.2, 0.25) is 5.91 Å². The Hall–Kier alpha value is -1.55. The number of carbonyl (C=O) groups excluding carboxylic acids is 1. The second-order valence-corrected chi connectivity index (χ2v) is 5.54. The SMILES string of the molecule is CCC(CC)CN(CC)C(=O)[C@@H](N)Cc1ccc(O)cc1. The molecule has 0 heterocycles. The predicted molar refractivity (Wildman–Crippen MR) is 86.1 cm³/mol. The second kappa shape index (κ2) is 8.67. The topological polar surface area (TPSA) is 66.6 Å². The van der Waals surface area contributed by atoms with Gasteiger partial charge in [-0.15, -0.1) is 0 Å². The van der Waals surface area contributed by atoms with E-state index in [-0.39, 0.29) is 11.7 Å². The van der Waals surface area contributed by atoms with Gasteiger partial charge >= 0.3 is 0 Å². The third kappa shape index (κ3) is 5.38. The lowest BCUT2D eigenvalue weighted by molar-refractivity contribution is -0.133. The van der Waals surface area contributed by atoms with Gasteiger partial charge in [-0.2, -0.15) is 0 Å². The lowest BCUT2D eigenvalue weighted by Gasteiger charge is -2.28. The van der Waals surface area contributed by atoms with E-state index in [2.05, 4.69) is 13.8 Å². The third-order valence-electron chi connectivity index (χ3n) is 4.04. The maximum Gasteiger partial charge on any atom is 0.239 e. The predicted octanol–water partition coefficient (Wildman–Crippen LogP) is 2.55. The number of hydrogen-bond acceptors (Lipinski definition) is 3.